The van der Waals surface area contributed by atoms with Gasteiger partial charge in [-0.05, 0) is 20.9 Å². The summed E-state index contributed by atoms with van der Waals surface area (Å²) in [6, 6.07) is 0. The molecule has 0 saturated heterocycles. The van der Waals surface area contributed by atoms with E-state index in [0.29, 0.717) is 13.1 Å². The lowest BCUT2D eigenvalue weighted by molar-refractivity contribution is 0.652. The lowest BCUT2D eigenvalue weighted by Gasteiger charge is -2.07. The van der Waals surface area contributed by atoms with Crippen molar-refractivity contribution in [2.24, 2.45) is 0 Å². The second kappa shape index (κ2) is 4.18. The average molecular weight is 181 g/mol. The minimum atomic E-state index is 0.0596. The first-order chi connectivity index (χ1) is 6.20. The highest BCUT2D eigenvalue weighted by Gasteiger charge is 2.04. The zero-order chi connectivity index (χ0) is 9.84. The molecule has 0 aliphatic rings. The summed E-state index contributed by atoms with van der Waals surface area (Å²) in [5.41, 5.74) is 0.777. The molecule has 0 atom stereocenters. The molecule has 0 fully saturated rings. The molecule has 1 aromatic rings. The number of rotatable bonds is 3. The lowest BCUT2D eigenvalue weighted by atomic mass is 10.3. The van der Waals surface area contributed by atoms with E-state index in [1.54, 1.807) is 10.8 Å². The quantitative estimate of drug-likeness (QED) is 0.729. The van der Waals surface area contributed by atoms with E-state index in [4.69, 9.17) is 0 Å². The monoisotopic (exact) mass is 181 g/mol. The van der Waals surface area contributed by atoms with Gasteiger partial charge in [0.1, 0.15) is 5.82 Å². The number of aryl methyl sites for hydroxylation is 1. The van der Waals surface area contributed by atoms with Crippen molar-refractivity contribution in [2.75, 3.05) is 7.05 Å². The Morgan fingerprint density at radius 2 is 2.31 bits per heavy atom. The van der Waals surface area contributed by atoms with Crippen molar-refractivity contribution in [3.05, 3.63) is 27.9 Å². The highest BCUT2D eigenvalue weighted by atomic mass is 16.1. The lowest BCUT2D eigenvalue weighted by Crippen LogP contribution is -2.28. The van der Waals surface area contributed by atoms with Gasteiger partial charge in [0, 0.05) is 24.8 Å². The molecule has 0 aliphatic carbocycles. The summed E-state index contributed by atoms with van der Waals surface area (Å²) in [7, 11) is 1.82. The van der Waals surface area contributed by atoms with Crippen LogP contribution < -0.4 is 10.9 Å². The molecule has 0 saturated carbocycles. The van der Waals surface area contributed by atoms with Gasteiger partial charge in [0.25, 0.3) is 5.56 Å². The molecular weight excluding hydrogens is 166 g/mol. The van der Waals surface area contributed by atoms with Crippen molar-refractivity contribution < 1.29 is 0 Å². The summed E-state index contributed by atoms with van der Waals surface area (Å²) < 4.78 is 1.67. The highest BCUT2D eigenvalue weighted by Crippen LogP contribution is 1.93. The molecule has 0 bridgehead atoms. The van der Waals surface area contributed by atoms with Crippen molar-refractivity contribution in [3.63, 3.8) is 0 Å². The van der Waals surface area contributed by atoms with Crippen molar-refractivity contribution in [2.45, 2.75) is 26.9 Å². The number of nitrogens with zero attached hydrogens (tertiary/aromatic N) is 2. The Morgan fingerprint density at radius 3 is 2.85 bits per heavy atom. The van der Waals surface area contributed by atoms with Gasteiger partial charge in [0.05, 0.1) is 0 Å². The van der Waals surface area contributed by atoms with Crippen LogP contribution >= 0.6 is 0 Å². The molecular formula is C9H15N3O. The smallest absolute Gasteiger partial charge is 0.257 e. The van der Waals surface area contributed by atoms with E-state index in [1.165, 1.54) is 0 Å². The van der Waals surface area contributed by atoms with Crippen molar-refractivity contribution in [3.8, 4) is 0 Å². The Bertz CT molecular complexity index is 343. The topological polar surface area (TPSA) is 46.9 Å². The molecule has 1 rings (SSSR count). The maximum atomic E-state index is 11.7. The number of aromatic nitrogens is 2. The Hall–Kier alpha value is -1.16. The van der Waals surface area contributed by atoms with Crippen LogP contribution in [0.1, 0.15) is 18.3 Å². The molecule has 1 heterocycles. The number of hydrogen-bond acceptors (Lipinski definition) is 3. The Kier molecular flexibility index (Phi) is 3.19. The summed E-state index contributed by atoms with van der Waals surface area (Å²) in [6.45, 7) is 5.04. The molecule has 0 amide bonds. The van der Waals surface area contributed by atoms with Crippen molar-refractivity contribution in [1.82, 2.24) is 14.9 Å². The predicted molar refractivity (Wildman–Crippen MR) is 51.7 cm³/mol. The van der Waals surface area contributed by atoms with Gasteiger partial charge in [-0.25, -0.2) is 4.98 Å². The standard InChI is InChI=1S/C9H15N3O/c1-4-12-7(2)11-6-8(5-10-3)9(12)13/h6,10H,4-5H2,1-3H3. The Balaban J connectivity index is 3.20. The summed E-state index contributed by atoms with van der Waals surface area (Å²) in [5.74, 6) is 0.771. The molecule has 72 valence electrons. The van der Waals surface area contributed by atoms with Gasteiger partial charge < -0.3 is 5.32 Å². The minimum Gasteiger partial charge on any atom is -0.315 e. The molecule has 0 unspecified atom stereocenters. The summed E-state index contributed by atoms with van der Waals surface area (Å²) in [4.78, 5) is 15.8. The van der Waals surface area contributed by atoms with Gasteiger partial charge in [-0.3, -0.25) is 9.36 Å². The maximum Gasteiger partial charge on any atom is 0.257 e. The number of nitrogens with one attached hydrogen (secondary N) is 1. The molecule has 4 nitrogen and oxygen atoms in total. The van der Waals surface area contributed by atoms with E-state index in [1.807, 2.05) is 20.9 Å². The SMILES string of the molecule is CCn1c(C)ncc(CNC)c1=O. The predicted octanol–water partition coefficient (Wildman–Crippen LogP) is 0.291. The highest BCUT2D eigenvalue weighted by molar-refractivity contribution is 5.06. The fraction of sp³-hybridized carbons (Fsp3) is 0.556. The van der Waals surface area contributed by atoms with Crippen LogP contribution in [-0.2, 0) is 13.1 Å². The van der Waals surface area contributed by atoms with E-state index in [0.717, 1.165) is 11.4 Å². The van der Waals surface area contributed by atoms with Crippen LogP contribution in [0.5, 0.6) is 0 Å². The minimum absolute atomic E-state index is 0.0596. The number of hydrogen-bond donors (Lipinski definition) is 1. The van der Waals surface area contributed by atoms with Gasteiger partial charge in [-0.2, -0.15) is 0 Å². The average Bonchev–Trinajstić information content (AvgIpc) is 2.11. The van der Waals surface area contributed by atoms with Gasteiger partial charge in [-0.1, -0.05) is 0 Å². The van der Waals surface area contributed by atoms with Crippen LogP contribution in [0.15, 0.2) is 11.0 Å². The zero-order valence-corrected chi connectivity index (χ0v) is 8.29. The first-order valence-corrected chi connectivity index (χ1v) is 4.40. The Morgan fingerprint density at radius 1 is 1.62 bits per heavy atom. The maximum absolute atomic E-state index is 11.7. The summed E-state index contributed by atoms with van der Waals surface area (Å²) in [5, 5.41) is 2.94. The van der Waals surface area contributed by atoms with E-state index in [2.05, 4.69) is 10.3 Å². The molecule has 1 aromatic heterocycles. The van der Waals surface area contributed by atoms with Crippen LogP contribution in [0, 0.1) is 6.92 Å². The van der Waals surface area contributed by atoms with Crippen molar-refractivity contribution >= 4 is 0 Å². The third kappa shape index (κ3) is 1.95. The van der Waals surface area contributed by atoms with Gasteiger partial charge >= 0.3 is 0 Å². The first-order valence-electron chi connectivity index (χ1n) is 4.40. The fourth-order valence-electron chi connectivity index (χ4n) is 1.30. The van der Waals surface area contributed by atoms with Crippen LogP contribution in [0.4, 0.5) is 0 Å². The van der Waals surface area contributed by atoms with Gasteiger partial charge in [-0.15, -0.1) is 0 Å². The van der Waals surface area contributed by atoms with Crippen LogP contribution in [0.3, 0.4) is 0 Å². The van der Waals surface area contributed by atoms with Crippen LogP contribution in [-0.4, -0.2) is 16.6 Å². The first kappa shape index (κ1) is 9.92. The van der Waals surface area contributed by atoms with Gasteiger partial charge in [0.2, 0.25) is 0 Å². The third-order valence-electron chi connectivity index (χ3n) is 2.00. The molecule has 0 radical (unpaired) electrons. The molecule has 1 N–H and O–H groups in total. The molecule has 0 spiro atoms. The second-order valence-corrected chi connectivity index (χ2v) is 2.91. The normalized spacial score (nSPS) is 10.4. The largest absolute Gasteiger partial charge is 0.315 e. The molecule has 0 aromatic carbocycles. The van der Waals surface area contributed by atoms with Crippen LogP contribution in [0.2, 0.25) is 0 Å². The summed E-state index contributed by atoms with van der Waals surface area (Å²) >= 11 is 0. The molecule has 0 aliphatic heterocycles. The van der Waals surface area contributed by atoms with E-state index in [9.17, 15) is 4.79 Å². The molecule has 13 heavy (non-hydrogen) atoms. The second-order valence-electron chi connectivity index (χ2n) is 2.91. The fourth-order valence-corrected chi connectivity index (χ4v) is 1.30. The zero-order valence-electron chi connectivity index (χ0n) is 8.29. The van der Waals surface area contributed by atoms with Crippen LogP contribution in [0.25, 0.3) is 0 Å². The molecule has 4 heteroatoms. The third-order valence-corrected chi connectivity index (χ3v) is 2.00. The summed E-state index contributed by atoms with van der Waals surface area (Å²) in [6.07, 6.45) is 1.64. The van der Waals surface area contributed by atoms with E-state index >= 15 is 0 Å². The van der Waals surface area contributed by atoms with Gasteiger partial charge in [0.15, 0.2) is 0 Å². The van der Waals surface area contributed by atoms with E-state index < -0.39 is 0 Å². The van der Waals surface area contributed by atoms with Crippen molar-refractivity contribution in [1.29, 1.82) is 0 Å². The Labute approximate surface area is 77.6 Å². The van der Waals surface area contributed by atoms with E-state index in [-0.39, 0.29) is 5.56 Å².